The first kappa shape index (κ1) is 22.3. The van der Waals surface area contributed by atoms with E-state index in [0.717, 1.165) is 27.6 Å². The van der Waals surface area contributed by atoms with Crippen LogP contribution in [0.15, 0.2) is 82.5 Å². The lowest BCUT2D eigenvalue weighted by molar-refractivity contribution is 0.400. The molecule has 5 nitrogen and oxygen atoms in total. The smallest absolute Gasteiger partial charge is 0.252 e. The first-order valence-electron chi connectivity index (χ1n) is 10.2. The van der Waals surface area contributed by atoms with Crippen LogP contribution in [0.1, 0.15) is 22.3 Å². The largest absolute Gasteiger partial charge is 0.321 e. The summed E-state index contributed by atoms with van der Waals surface area (Å²) in [5, 5.41) is 1.32. The van der Waals surface area contributed by atoms with Gasteiger partial charge in [0.1, 0.15) is 0 Å². The molecule has 1 aromatic heterocycles. The van der Waals surface area contributed by atoms with Crippen LogP contribution in [-0.4, -0.2) is 17.7 Å². The van der Waals surface area contributed by atoms with E-state index in [1.54, 1.807) is 18.2 Å². The summed E-state index contributed by atoms with van der Waals surface area (Å²) in [6, 6.07) is 21.1. The Hall–Kier alpha value is -2.93. The minimum Gasteiger partial charge on any atom is -0.321 e. The van der Waals surface area contributed by atoms with Gasteiger partial charge in [-0.15, -0.1) is 0 Å². The molecule has 4 aromatic rings. The minimum absolute atomic E-state index is 0.0575. The average molecular weight is 467 g/mol. The third-order valence-electron chi connectivity index (χ3n) is 5.63. The lowest BCUT2D eigenvalue weighted by Crippen LogP contribution is -2.32. The Kier molecular flexibility index (Phi) is 6.20. The molecule has 164 valence electrons. The first-order chi connectivity index (χ1) is 15.3. The Morgan fingerprint density at radius 2 is 1.59 bits per heavy atom. The predicted octanol–water partition coefficient (Wildman–Crippen LogP) is 5.19. The van der Waals surface area contributed by atoms with Crippen LogP contribution in [0.25, 0.3) is 10.9 Å². The highest BCUT2D eigenvalue weighted by molar-refractivity contribution is 7.89. The number of hydrogen-bond acceptors (Lipinski definition) is 3. The van der Waals surface area contributed by atoms with Crippen molar-refractivity contribution in [1.82, 2.24) is 9.29 Å². The van der Waals surface area contributed by atoms with Gasteiger partial charge in [-0.05, 0) is 66.3 Å². The van der Waals surface area contributed by atoms with Crippen molar-refractivity contribution in [2.75, 3.05) is 0 Å². The molecule has 0 bridgehead atoms. The Labute approximate surface area is 192 Å². The monoisotopic (exact) mass is 466 g/mol. The third-order valence-corrected chi connectivity index (χ3v) is 7.69. The summed E-state index contributed by atoms with van der Waals surface area (Å²) in [7, 11) is -3.88. The first-order valence-corrected chi connectivity index (χ1v) is 12.0. The van der Waals surface area contributed by atoms with E-state index < -0.39 is 10.0 Å². The summed E-state index contributed by atoms with van der Waals surface area (Å²) in [5.41, 5.74) is 3.77. The fourth-order valence-electron chi connectivity index (χ4n) is 3.65. The molecule has 0 unspecified atom stereocenters. The van der Waals surface area contributed by atoms with Gasteiger partial charge in [0.05, 0.1) is 10.4 Å². The quantitative estimate of drug-likeness (QED) is 0.425. The summed E-state index contributed by atoms with van der Waals surface area (Å²) in [4.78, 5) is 16.0. The highest BCUT2D eigenvalue weighted by Gasteiger charge is 2.26. The highest BCUT2D eigenvalue weighted by atomic mass is 35.5. The van der Waals surface area contributed by atoms with Crippen molar-refractivity contribution in [3.63, 3.8) is 0 Å². The van der Waals surface area contributed by atoms with Crippen LogP contribution in [-0.2, 0) is 23.1 Å². The zero-order valence-electron chi connectivity index (χ0n) is 17.8. The standard InChI is InChI=1S/C25H23ClN2O3S/c1-17-8-9-20-14-21(25(29)27-24(20)18(17)2)16-28(15-19-6-4-3-5-7-19)32(30,31)23-12-10-22(26)11-13-23/h3-14H,15-16H2,1-2H3,(H,27,29). The molecule has 0 aliphatic rings. The lowest BCUT2D eigenvalue weighted by Gasteiger charge is -2.22. The van der Waals surface area contributed by atoms with Gasteiger partial charge in [0.25, 0.3) is 5.56 Å². The predicted molar refractivity (Wildman–Crippen MR) is 128 cm³/mol. The number of benzene rings is 3. The molecule has 7 heteroatoms. The van der Waals surface area contributed by atoms with Crippen molar-refractivity contribution in [2.45, 2.75) is 31.8 Å². The van der Waals surface area contributed by atoms with E-state index in [9.17, 15) is 13.2 Å². The number of aromatic amines is 1. The molecule has 4 rings (SSSR count). The van der Waals surface area contributed by atoms with Crippen LogP contribution >= 0.6 is 11.6 Å². The number of fused-ring (bicyclic) bond motifs is 1. The molecular weight excluding hydrogens is 444 g/mol. The second-order valence-electron chi connectivity index (χ2n) is 7.81. The zero-order chi connectivity index (χ0) is 22.9. The maximum atomic E-state index is 13.5. The molecule has 1 N–H and O–H groups in total. The zero-order valence-corrected chi connectivity index (χ0v) is 19.4. The van der Waals surface area contributed by atoms with Crippen LogP contribution in [0.4, 0.5) is 0 Å². The van der Waals surface area contributed by atoms with Gasteiger partial charge in [-0.2, -0.15) is 4.31 Å². The summed E-state index contributed by atoms with van der Waals surface area (Å²) in [6.45, 7) is 4.02. The molecule has 0 saturated carbocycles. The van der Waals surface area contributed by atoms with Crippen LogP contribution < -0.4 is 5.56 Å². The van der Waals surface area contributed by atoms with Gasteiger partial charge >= 0.3 is 0 Å². The normalized spacial score (nSPS) is 11.9. The van der Waals surface area contributed by atoms with E-state index in [4.69, 9.17) is 11.6 Å². The Balaban J connectivity index is 1.78. The van der Waals surface area contributed by atoms with Crippen molar-refractivity contribution in [2.24, 2.45) is 0 Å². The van der Waals surface area contributed by atoms with Crippen LogP contribution in [0, 0.1) is 13.8 Å². The van der Waals surface area contributed by atoms with Crippen molar-refractivity contribution >= 4 is 32.5 Å². The molecule has 3 aromatic carbocycles. The highest BCUT2D eigenvalue weighted by Crippen LogP contribution is 2.24. The van der Waals surface area contributed by atoms with Gasteiger partial charge in [0.15, 0.2) is 0 Å². The fraction of sp³-hybridized carbons (Fsp3) is 0.160. The summed E-state index contributed by atoms with van der Waals surface area (Å²) in [6.07, 6.45) is 0. The van der Waals surface area contributed by atoms with Gasteiger partial charge in [-0.25, -0.2) is 8.42 Å². The van der Waals surface area contributed by atoms with Gasteiger partial charge in [0.2, 0.25) is 10.0 Å². The molecular formula is C25H23ClN2O3S. The molecule has 0 saturated heterocycles. The number of nitrogens with one attached hydrogen (secondary N) is 1. The number of hydrogen-bond donors (Lipinski definition) is 1. The number of nitrogens with zero attached hydrogens (tertiary/aromatic N) is 1. The SMILES string of the molecule is Cc1ccc2cc(CN(Cc3ccccc3)S(=O)(=O)c3ccc(Cl)cc3)c(=O)[nH]c2c1C. The van der Waals surface area contributed by atoms with Gasteiger partial charge < -0.3 is 4.98 Å². The van der Waals surface area contributed by atoms with E-state index in [0.29, 0.717) is 10.6 Å². The maximum Gasteiger partial charge on any atom is 0.252 e. The van der Waals surface area contributed by atoms with Crippen LogP contribution in [0.5, 0.6) is 0 Å². The van der Waals surface area contributed by atoms with Gasteiger partial charge in [-0.3, -0.25) is 4.79 Å². The molecule has 0 fully saturated rings. The molecule has 0 spiro atoms. The number of aromatic nitrogens is 1. The average Bonchev–Trinajstić information content (AvgIpc) is 2.78. The van der Waals surface area contributed by atoms with Crippen LogP contribution in [0.3, 0.4) is 0 Å². The number of aryl methyl sites for hydroxylation is 2. The van der Waals surface area contributed by atoms with Crippen molar-refractivity contribution in [1.29, 1.82) is 0 Å². The molecule has 0 radical (unpaired) electrons. The number of sulfonamides is 1. The topological polar surface area (TPSA) is 70.2 Å². The third kappa shape index (κ3) is 4.48. The number of H-pyrrole nitrogens is 1. The molecule has 0 aliphatic carbocycles. The molecule has 0 atom stereocenters. The van der Waals surface area contributed by atoms with Crippen molar-refractivity contribution in [3.05, 3.63) is 110 Å². The van der Waals surface area contributed by atoms with Crippen molar-refractivity contribution in [3.8, 4) is 0 Å². The molecule has 0 aliphatic heterocycles. The fourth-order valence-corrected chi connectivity index (χ4v) is 5.18. The number of pyridine rings is 1. The Bertz CT molecular complexity index is 1430. The maximum absolute atomic E-state index is 13.5. The lowest BCUT2D eigenvalue weighted by atomic mass is 10.0. The molecule has 32 heavy (non-hydrogen) atoms. The second-order valence-corrected chi connectivity index (χ2v) is 10.2. The van der Waals surface area contributed by atoms with E-state index >= 15 is 0 Å². The van der Waals surface area contributed by atoms with E-state index in [1.807, 2.05) is 56.3 Å². The van der Waals surface area contributed by atoms with Gasteiger partial charge in [-0.1, -0.05) is 54.1 Å². The number of halogens is 1. The Morgan fingerprint density at radius 3 is 2.28 bits per heavy atom. The van der Waals surface area contributed by atoms with Crippen LogP contribution in [0.2, 0.25) is 5.02 Å². The summed E-state index contributed by atoms with van der Waals surface area (Å²) >= 11 is 5.95. The van der Waals surface area contributed by atoms with Crippen molar-refractivity contribution < 1.29 is 8.42 Å². The minimum atomic E-state index is -3.88. The summed E-state index contributed by atoms with van der Waals surface area (Å²) in [5.74, 6) is 0. The molecule has 0 amide bonds. The Morgan fingerprint density at radius 1 is 0.906 bits per heavy atom. The van der Waals surface area contributed by atoms with E-state index in [1.165, 1.54) is 16.4 Å². The van der Waals surface area contributed by atoms with Gasteiger partial charge in [0, 0.05) is 23.7 Å². The molecule has 1 heterocycles. The van der Waals surface area contributed by atoms with E-state index in [-0.39, 0.29) is 23.5 Å². The second kappa shape index (κ2) is 8.90. The summed E-state index contributed by atoms with van der Waals surface area (Å²) < 4.78 is 28.3. The van der Waals surface area contributed by atoms with E-state index in [2.05, 4.69) is 4.98 Å². The number of rotatable bonds is 6.